The molecule has 0 spiro atoms. The summed E-state index contributed by atoms with van der Waals surface area (Å²) in [4.78, 5) is 64.1. The summed E-state index contributed by atoms with van der Waals surface area (Å²) in [6.07, 6.45) is 8.61. The number of halogens is 1. The molecule has 2 aliphatic heterocycles. The Morgan fingerprint density at radius 3 is 1.42 bits per heavy atom. The number of carbonyl (C=O) groups excluding carboxylic acids is 4. The maximum atomic E-state index is 13.3. The van der Waals surface area contributed by atoms with E-state index in [1.165, 1.54) is 39.4 Å². The second-order valence-electron chi connectivity index (χ2n) is 28.5. The van der Waals surface area contributed by atoms with Gasteiger partial charge in [-0.15, -0.1) is 0 Å². The Morgan fingerprint density at radius 1 is 0.571 bits per heavy atom. The lowest BCUT2D eigenvalue weighted by Gasteiger charge is -2.43. The van der Waals surface area contributed by atoms with Crippen LogP contribution in [0.1, 0.15) is 213 Å². The summed E-state index contributed by atoms with van der Waals surface area (Å²) in [5.41, 5.74) is 21.1. The smallest absolute Gasteiger partial charge is 0.253 e. The van der Waals surface area contributed by atoms with Crippen LogP contribution in [0.2, 0.25) is 5.15 Å². The highest BCUT2D eigenvalue weighted by molar-refractivity contribution is 7.68. The number of carbonyl (C=O) groups is 4. The van der Waals surface area contributed by atoms with E-state index < -0.39 is 0 Å². The first kappa shape index (κ1) is 78.2. The summed E-state index contributed by atoms with van der Waals surface area (Å²) in [7, 11) is 3.91. The molecule has 4 heterocycles. The van der Waals surface area contributed by atoms with Crippen molar-refractivity contribution in [2.75, 3.05) is 50.9 Å². The molecular weight excluding hydrogens is 1250 g/mol. The number of nitrogens with two attached hydrogens (primary N) is 1. The van der Waals surface area contributed by atoms with Crippen LogP contribution in [0.5, 0.6) is 0 Å². The number of aryl methyl sites for hydroxylation is 2. The van der Waals surface area contributed by atoms with E-state index in [0.29, 0.717) is 87.2 Å². The van der Waals surface area contributed by atoms with E-state index in [1.54, 1.807) is 24.4 Å². The van der Waals surface area contributed by atoms with E-state index in [1.807, 2.05) is 142 Å². The van der Waals surface area contributed by atoms with Crippen molar-refractivity contribution in [1.82, 2.24) is 19.8 Å². The van der Waals surface area contributed by atoms with Crippen molar-refractivity contribution in [3.8, 4) is 23.3 Å². The third-order valence-corrected chi connectivity index (χ3v) is 21.4. The number of nitriles is 2. The largest absolute Gasteiger partial charge is 0.398 e. The molecule has 2 aliphatic rings. The maximum Gasteiger partial charge on any atom is 0.253 e. The number of pyridine rings is 2. The van der Waals surface area contributed by atoms with Crippen molar-refractivity contribution in [1.29, 1.82) is 10.5 Å². The summed E-state index contributed by atoms with van der Waals surface area (Å²) in [5.74, 6) is 1.93. The van der Waals surface area contributed by atoms with E-state index in [4.69, 9.17) is 27.9 Å². The minimum absolute atomic E-state index is 0. The lowest BCUT2D eigenvalue weighted by Crippen LogP contribution is -2.38. The molecule has 0 unspecified atom stereocenters. The van der Waals surface area contributed by atoms with Gasteiger partial charge in [0.25, 0.3) is 11.8 Å². The van der Waals surface area contributed by atoms with E-state index in [2.05, 4.69) is 131 Å². The van der Waals surface area contributed by atoms with Crippen LogP contribution in [-0.4, -0.2) is 93.7 Å². The SMILES string of the molecule is C.CC(C)CC(=O)c1ccc(Cl)nc1.CN(C)c1ccccc1-c1ccccc1P(C(C)(C)C)C(C)(C)C.Cc1ccc(C(=O)N2CCC(c3ccc(C#N)cc3)CC2)cc1Cc1ccc(C(=O)CC(C)C)cn1.Cc1ccc(C(=O)N2CCC(c3ccc(C#N)cc3)CC2)cc1N. The summed E-state index contributed by atoms with van der Waals surface area (Å²) in [6.45, 7) is 29.4. The molecule has 2 aromatic heterocycles. The summed E-state index contributed by atoms with van der Waals surface area (Å²) < 4.78 is 0. The quantitative estimate of drug-likeness (QED) is 0.0450. The molecule has 2 fully saturated rings. The van der Waals surface area contributed by atoms with Gasteiger partial charge in [-0.25, -0.2) is 4.98 Å². The molecule has 0 aliphatic carbocycles. The Kier molecular flexibility index (Phi) is 28.8. The zero-order chi connectivity index (χ0) is 70.7. The first-order valence-electron chi connectivity index (χ1n) is 33.9. The molecule has 98 heavy (non-hydrogen) atoms. The third-order valence-electron chi connectivity index (χ3n) is 17.6. The Morgan fingerprint density at radius 2 is 1.00 bits per heavy atom. The Bertz CT molecular complexity index is 4020. The van der Waals surface area contributed by atoms with Crippen LogP contribution in [0.4, 0.5) is 11.4 Å². The van der Waals surface area contributed by atoms with Crippen molar-refractivity contribution in [3.05, 3.63) is 242 Å². The predicted molar refractivity (Wildman–Crippen MR) is 408 cm³/mol. The summed E-state index contributed by atoms with van der Waals surface area (Å²) in [5, 5.41) is 20.3. The number of anilines is 2. The number of amides is 2. The second-order valence-corrected chi connectivity index (χ2v) is 32.8. The molecule has 8 aromatic rings. The van der Waals surface area contributed by atoms with Crippen LogP contribution in [-0.2, 0) is 6.42 Å². The van der Waals surface area contributed by atoms with Gasteiger partial charge < -0.3 is 20.4 Å². The number of para-hydroxylation sites is 1. The molecule has 2 saturated heterocycles. The molecule has 2 amide bonds. The number of ketones is 2. The highest BCUT2D eigenvalue weighted by Gasteiger charge is 2.37. The van der Waals surface area contributed by atoms with Crippen molar-refractivity contribution in [3.63, 3.8) is 0 Å². The number of hydrogen-bond donors (Lipinski definition) is 1. The highest BCUT2D eigenvalue weighted by atomic mass is 35.5. The zero-order valence-electron chi connectivity index (χ0n) is 59.4. The lowest BCUT2D eigenvalue weighted by molar-refractivity contribution is 0.0705. The van der Waals surface area contributed by atoms with E-state index in [0.717, 1.165) is 74.2 Å². The highest BCUT2D eigenvalue weighted by Crippen LogP contribution is 2.59. The molecule has 514 valence electrons. The molecule has 0 saturated carbocycles. The first-order chi connectivity index (χ1) is 46.0. The van der Waals surface area contributed by atoms with Gasteiger partial charge in [-0.1, -0.05) is 175 Å². The molecule has 0 bridgehead atoms. The van der Waals surface area contributed by atoms with Crippen molar-refractivity contribution in [2.45, 2.75) is 158 Å². The van der Waals surface area contributed by atoms with E-state index in [-0.39, 0.29) is 49.0 Å². The molecule has 0 radical (unpaired) electrons. The third kappa shape index (κ3) is 22.1. The molecule has 12 nitrogen and oxygen atoms in total. The van der Waals surface area contributed by atoms with Gasteiger partial charge in [0, 0.05) is 117 Å². The molecule has 2 N–H and O–H groups in total. The number of hydrogen-bond acceptors (Lipinski definition) is 10. The van der Waals surface area contributed by atoms with Crippen LogP contribution >= 0.6 is 19.5 Å². The van der Waals surface area contributed by atoms with Crippen molar-refractivity contribution < 1.29 is 19.2 Å². The fourth-order valence-corrected chi connectivity index (χ4v) is 17.0. The van der Waals surface area contributed by atoms with Gasteiger partial charge in [-0.2, -0.15) is 10.5 Å². The summed E-state index contributed by atoms with van der Waals surface area (Å²) in [6, 6.07) is 56.2. The predicted octanol–water partition coefficient (Wildman–Crippen LogP) is 19.3. The lowest BCUT2D eigenvalue weighted by atomic mass is 9.88. The number of benzene rings is 6. The Labute approximate surface area is 591 Å². The molecular formula is C84H102ClN8O4P. The normalized spacial score (nSPS) is 13.3. The zero-order valence-corrected chi connectivity index (χ0v) is 61.1. The molecule has 10 rings (SSSR count). The standard InChI is InChI=1S/C31H33N3O2.C22H32NP.C20H21N3O.C10H12ClNO.CH4/c1-21(2)16-30(35)27-10-11-29(33-20-27)18-28-17-26(7-4-22(28)3)31(36)34-14-12-25(13-15-34)24-8-5-23(19-32)6-9-24;1-21(2,3)24(22(4,5)6)20-16-12-10-14-18(20)17-13-9-11-15-19(17)23(7)8;1-14-2-5-18(12-19(14)22)20(24)23-10-8-17(9-11-23)16-6-3-15(13-21)4-7-16;1-7(2)5-9(13)8-3-4-10(11)12-6-8;/h4-11,17,20-21,25H,12-16,18H2,1-3H3;9-16H,1-8H3;2-7,12,17H,8-11,22H2,1H3;3-4,6-7H,5H2,1-2H3;1H4. The Balaban J connectivity index is 0.000000216. The fourth-order valence-electron chi connectivity index (χ4n) is 12.7. The fraction of sp³-hybridized carbons (Fsp3) is 0.381. The number of piperidine rings is 2. The topological polar surface area (TPSA) is 177 Å². The molecule has 0 atom stereocenters. The van der Waals surface area contributed by atoms with Crippen molar-refractivity contribution in [2.24, 2.45) is 11.8 Å². The van der Waals surface area contributed by atoms with Crippen LogP contribution in [0.15, 0.2) is 170 Å². The van der Waals surface area contributed by atoms with Gasteiger partial charge in [-0.05, 0) is 191 Å². The van der Waals surface area contributed by atoms with Gasteiger partial charge in [0.1, 0.15) is 5.15 Å². The van der Waals surface area contributed by atoms with E-state index in [9.17, 15) is 19.2 Å². The Hall–Kier alpha value is -8.80. The number of Topliss-reactive ketones (excluding diaryl/α,β-unsaturated/α-hetero) is 2. The molecule has 6 aromatic carbocycles. The van der Waals surface area contributed by atoms with E-state index >= 15 is 0 Å². The van der Waals surface area contributed by atoms with Crippen LogP contribution in [0.3, 0.4) is 0 Å². The number of aromatic nitrogens is 2. The number of likely N-dealkylation sites (tertiary alicyclic amines) is 2. The van der Waals surface area contributed by atoms with Gasteiger partial charge in [0.15, 0.2) is 11.6 Å². The van der Waals surface area contributed by atoms with Crippen LogP contribution in [0.25, 0.3) is 11.1 Å². The average molecular weight is 1350 g/mol. The maximum absolute atomic E-state index is 13.3. The first-order valence-corrected chi connectivity index (χ1v) is 35.6. The van der Waals surface area contributed by atoms with Crippen molar-refractivity contribution >= 4 is 59.6 Å². The monoisotopic (exact) mass is 1350 g/mol. The number of nitrogens with zero attached hydrogens (tertiary/aromatic N) is 7. The minimum atomic E-state index is -0.332. The summed E-state index contributed by atoms with van der Waals surface area (Å²) >= 11 is 5.60. The van der Waals surface area contributed by atoms with Crippen LogP contribution in [0, 0.1) is 48.3 Å². The second kappa shape index (κ2) is 36.2. The van der Waals surface area contributed by atoms with Gasteiger partial charge >= 0.3 is 0 Å². The van der Waals surface area contributed by atoms with Gasteiger partial charge in [0.05, 0.1) is 23.3 Å². The van der Waals surface area contributed by atoms with Crippen LogP contribution < -0.4 is 15.9 Å². The van der Waals surface area contributed by atoms with Gasteiger partial charge in [0.2, 0.25) is 0 Å². The number of nitrogen functional groups attached to an aromatic ring is 1. The number of rotatable bonds is 15. The molecule has 14 heteroatoms. The minimum Gasteiger partial charge on any atom is -0.398 e. The average Bonchev–Trinajstić information content (AvgIpc) is 0.773. The van der Waals surface area contributed by atoms with Gasteiger partial charge in [-0.3, -0.25) is 24.2 Å².